The van der Waals surface area contributed by atoms with Gasteiger partial charge in [0.15, 0.2) is 5.58 Å². The molecular weight excluding hydrogens is 857 g/mol. The number of hydrogen-bond acceptors (Lipinski definition) is 3. The molecule has 15 aromatic rings. The summed E-state index contributed by atoms with van der Waals surface area (Å²) in [6.45, 7) is -3.58. The van der Waals surface area contributed by atoms with E-state index < -0.39 is 355 Å². The molecule has 5 heterocycles. The third-order valence-corrected chi connectivity index (χ3v) is 12.2. The van der Waals surface area contributed by atoms with Crippen molar-refractivity contribution >= 4 is 109 Å². The Morgan fingerprint density at radius 3 is 1.14 bits per heavy atom. The molecule has 0 atom stereocenters. The van der Waals surface area contributed by atoms with Crippen LogP contribution in [0.1, 0.15) is 66.0 Å². The van der Waals surface area contributed by atoms with Gasteiger partial charge in [-0.1, -0.05) is 145 Å². The largest absolute Gasteiger partial charge is 0.454 e. The van der Waals surface area contributed by atoms with Crippen LogP contribution in [0.2, 0.25) is 0 Å². The van der Waals surface area contributed by atoms with Crippen LogP contribution in [0, 0.1) is 29.5 Å². The Labute approximate surface area is 449 Å². The lowest BCUT2D eigenvalue weighted by molar-refractivity contribution is 0.671. The molecule has 0 saturated carbocycles. The van der Waals surface area contributed by atoms with Gasteiger partial charge in [-0.05, 0) is 67.3 Å². The van der Waals surface area contributed by atoms with Crippen molar-refractivity contribution < 1.29 is 53.8 Å². The molecule has 0 aliphatic carbocycles. The predicted molar refractivity (Wildman–Crippen MR) is 285 cm³/mol. The average molecular weight is 929 g/mol. The number of rotatable bonds is 4. The monoisotopic (exact) mass is 929 g/mol. The van der Waals surface area contributed by atoms with Crippen LogP contribution in [-0.4, -0.2) is 18.3 Å². The fourth-order valence-corrected chi connectivity index (χ4v) is 9.60. The van der Waals surface area contributed by atoms with Gasteiger partial charge < -0.3 is 22.7 Å². The van der Waals surface area contributed by atoms with Crippen molar-refractivity contribution in [3.63, 3.8) is 0 Å². The van der Waals surface area contributed by atoms with Crippen LogP contribution in [0.5, 0.6) is 0 Å². The van der Waals surface area contributed by atoms with Crippen LogP contribution in [0.4, 0.5) is 0 Å². The van der Waals surface area contributed by atoms with Gasteiger partial charge in [0.2, 0.25) is 0 Å². The highest BCUT2D eigenvalue weighted by molar-refractivity contribution is 6.23. The van der Waals surface area contributed by atoms with E-state index in [1.54, 1.807) is 0 Å². The lowest BCUT2D eigenvalue weighted by Gasteiger charge is -2.27. The van der Waals surface area contributed by atoms with E-state index >= 15 is 0 Å². The molecule has 0 radical (unpaired) electrons. The minimum absolute atomic E-state index is 0.547. The molecule has 0 spiro atoms. The minimum atomic E-state index is -3.58. The third-order valence-electron chi connectivity index (χ3n) is 12.2. The first-order valence-electron chi connectivity index (χ1n) is 38.5. The number of hydrogen-bond donors (Lipinski definition) is 0. The predicted octanol–water partition coefficient (Wildman–Crippen LogP) is 16.0. The Kier molecular flexibility index (Phi) is 3.50. The summed E-state index contributed by atoms with van der Waals surface area (Å²) in [6.07, 6.45) is 0. The van der Waals surface area contributed by atoms with E-state index in [9.17, 15) is 43.4 Å². The summed E-state index contributed by atoms with van der Waals surface area (Å²) in [7, 11) is 0. The standard InChI is InChI=1S/C63H36N6O/c1-37-30-33-56-47(34-37)45-31-32-46-44-22-8-15-29-57(44)70-63(46)62(45)69(56)61-49(36-65)59(67-52-25-11-4-18-40(52)41-19-5-12-26-53(41)67)58(66-50-23-9-2-16-38(50)39-17-3-10-24-51(39)66)48(35-64)60(61)68-54-27-13-6-20-42(54)43-21-7-14-28-55(43)68/h2-34H,1H3/i1D3,2D,3D,4D,5D,6D,7D,8D,9D,10D,11D,12D,13D,14D,15D,16D,17D,18D,19D,20D,21D,22D,23D,24D,25D,26D,27D,28D,29D,30D,31D,32D,33D,34D. The second-order valence-electron chi connectivity index (χ2n) is 15.5. The molecule has 0 saturated heterocycles. The Bertz CT molecular complexity index is 6770. The van der Waals surface area contributed by atoms with Crippen LogP contribution in [0.25, 0.3) is 132 Å². The molecule has 7 nitrogen and oxygen atoms in total. The zero-order chi connectivity index (χ0) is 77.6. The van der Waals surface area contributed by atoms with Gasteiger partial charge in [-0.25, -0.2) is 0 Å². The highest BCUT2D eigenvalue weighted by Crippen LogP contribution is 2.50. The fraction of sp³-hybridized carbons (Fsp3) is 0.0159. The molecule has 0 N–H and O–H groups in total. The van der Waals surface area contributed by atoms with E-state index in [0.717, 1.165) is 0 Å². The normalized spacial score (nSPS) is 19.5. The SMILES string of the molecule is [2H]c1c([2H])c([2H])c2c(oc3c2c([2H])c([2H])c2c4c([2H])c(C([2H])([2H])[2H])c([2H])c([2H])c4n(-c4c(C#N)c(-n5c6c([2H])c([2H])c([2H])c([2H])c6c6c([2H])c([2H])c([2H])c([2H])c65)c(-n5c6c([2H])c([2H])c([2H])c([2H])c6c6c([2H])c([2H])c([2H])c([2H])c65)c(C#N)c4-n4c5c([2H])c([2H])c([2H])c([2H])c5c5c([2H])c([2H])c([2H])c([2H])c54)c32)c1[2H]. The van der Waals surface area contributed by atoms with Crippen LogP contribution < -0.4 is 0 Å². The van der Waals surface area contributed by atoms with E-state index in [2.05, 4.69) is 0 Å². The smallest absolute Gasteiger partial charge is 0.160 e. The van der Waals surface area contributed by atoms with Gasteiger partial charge in [0.1, 0.15) is 28.8 Å². The van der Waals surface area contributed by atoms with Crippen molar-refractivity contribution in [2.75, 3.05) is 0 Å². The second-order valence-corrected chi connectivity index (χ2v) is 15.5. The fourth-order valence-electron chi connectivity index (χ4n) is 9.60. The van der Waals surface area contributed by atoms with Crippen LogP contribution in [-0.2, 0) is 0 Å². The van der Waals surface area contributed by atoms with Gasteiger partial charge in [0.05, 0.1) is 112 Å². The van der Waals surface area contributed by atoms with Gasteiger partial charge in [0.25, 0.3) is 0 Å². The zero-order valence-electron chi connectivity index (χ0n) is 70.6. The van der Waals surface area contributed by atoms with E-state index in [0.29, 0.717) is 18.3 Å². The minimum Gasteiger partial charge on any atom is -0.454 e. The van der Waals surface area contributed by atoms with Crippen molar-refractivity contribution in [3.8, 4) is 34.9 Å². The van der Waals surface area contributed by atoms with Gasteiger partial charge in [-0.2, -0.15) is 10.5 Å². The molecular formula is C63H36N6O. The maximum absolute atomic E-state index is 13.2. The molecule has 7 heteroatoms. The highest BCUT2D eigenvalue weighted by Gasteiger charge is 2.35. The van der Waals surface area contributed by atoms with E-state index in [1.165, 1.54) is 0 Å². The number of nitriles is 2. The van der Waals surface area contributed by atoms with Crippen LogP contribution in [0.15, 0.2) is 204 Å². The first-order chi connectivity index (χ1) is 49.6. The number of aromatic nitrogens is 4. The lowest BCUT2D eigenvalue weighted by Crippen LogP contribution is -2.16. The molecule has 324 valence electrons. The molecule has 0 bridgehead atoms. The van der Waals surface area contributed by atoms with Crippen molar-refractivity contribution in [2.24, 2.45) is 0 Å². The summed E-state index contributed by atoms with van der Waals surface area (Å²) in [5.74, 6) is 0. The quantitative estimate of drug-likeness (QED) is 0.176. The maximum Gasteiger partial charge on any atom is 0.160 e. The molecule has 10 aromatic carbocycles. The Hall–Kier alpha value is -9.82. The maximum atomic E-state index is 13.2. The van der Waals surface area contributed by atoms with Gasteiger partial charge in [0, 0.05) is 58.0 Å². The first-order valence-corrected chi connectivity index (χ1v) is 20.5. The van der Waals surface area contributed by atoms with Crippen molar-refractivity contribution in [3.05, 3.63) is 216 Å². The highest BCUT2D eigenvalue weighted by atomic mass is 16.3. The van der Waals surface area contributed by atoms with Gasteiger partial charge in [-0.15, -0.1) is 0 Å². The Morgan fingerprint density at radius 2 is 0.729 bits per heavy atom. The second kappa shape index (κ2) is 14.1. The molecule has 0 amide bonds. The van der Waals surface area contributed by atoms with Gasteiger partial charge in [-0.3, -0.25) is 0 Å². The molecule has 5 aromatic heterocycles. The summed E-state index contributed by atoms with van der Waals surface area (Å²) in [5.41, 5.74) is -18.7. The number of nitrogens with zero attached hydrogens (tertiary/aromatic N) is 6. The number of para-hydroxylation sites is 7. The lowest BCUT2D eigenvalue weighted by atomic mass is 9.98. The van der Waals surface area contributed by atoms with E-state index in [4.69, 9.17) is 20.9 Å². The summed E-state index contributed by atoms with van der Waals surface area (Å²) in [6, 6.07) is -33.3. The zero-order valence-corrected chi connectivity index (χ0v) is 34.6. The Morgan fingerprint density at radius 1 is 0.371 bits per heavy atom. The number of fused-ring (bicyclic) bond motifs is 16. The number of benzene rings is 10. The van der Waals surface area contributed by atoms with Gasteiger partial charge >= 0.3 is 0 Å². The summed E-state index contributed by atoms with van der Waals surface area (Å²) in [4.78, 5) is 0. The van der Waals surface area contributed by atoms with E-state index in [1.807, 2.05) is 12.1 Å². The molecule has 15 rings (SSSR count). The molecule has 0 fully saturated rings. The number of furan rings is 1. The van der Waals surface area contributed by atoms with Crippen molar-refractivity contribution in [1.82, 2.24) is 18.3 Å². The molecule has 0 aliphatic rings. The summed E-state index contributed by atoms with van der Waals surface area (Å²) >= 11 is 0. The third kappa shape index (κ3) is 4.89. The summed E-state index contributed by atoms with van der Waals surface area (Å²) in [5, 5.41) is 18.0. The molecule has 0 unspecified atom stereocenters. The Balaban J connectivity index is 1.45. The topological polar surface area (TPSA) is 80.4 Å². The van der Waals surface area contributed by atoms with Crippen LogP contribution in [0.3, 0.4) is 0 Å². The van der Waals surface area contributed by atoms with Crippen molar-refractivity contribution in [1.29, 1.82) is 10.5 Å². The van der Waals surface area contributed by atoms with E-state index in [-0.39, 0.29) is 0 Å². The van der Waals surface area contributed by atoms with Crippen molar-refractivity contribution in [2.45, 2.75) is 6.85 Å². The van der Waals surface area contributed by atoms with Crippen LogP contribution >= 0.6 is 0 Å². The average Bonchev–Trinajstić information content (AvgIpc) is 1.48. The summed E-state index contributed by atoms with van der Waals surface area (Å²) < 4.78 is 347. The first kappa shape index (κ1) is 17.4. The molecule has 0 aliphatic heterocycles. The molecule has 70 heavy (non-hydrogen) atoms.